The van der Waals surface area contributed by atoms with Crippen molar-refractivity contribution in [3.05, 3.63) is 93.5 Å². The number of benzene rings is 3. The van der Waals surface area contributed by atoms with Crippen molar-refractivity contribution in [3.63, 3.8) is 0 Å². The molecular weight excluding hydrogens is 486 g/mol. The number of carbonyl (C=O) groups is 2. The molecule has 4 rings (SSSR count). The molecule has 0 spiro atoms. The molecule has 1 aliphatic rings. The number of Topliss-reactive ketones (excluding diaryl/α,β-unsaturated/α-hetero) is 1. The van der Waals surface area contributed by atoms with Crippen LogP contribution in [-0.4, -0.2) is 31.0 Å². The van der Waals surface area contributed by atoms with Crippen LogP contribution >= 0.6 is 15.9 Å². The fourth-order valence-electron chi connectivity index (χ4n) is 3.97. The van der Waals surface area contributed by atoms with Gasteiger partial charge in [0.05, 0.1) is 30.3 Å². The number of hydrogen-bond acceptors (Lipinski definition) is 5. The Bertz CT molecular complexity index is 1280. The zero-order valence-electron chi connectivity index (χ0n) is 18.3. The highest BCUT2D eigenvalue weighted by molar-refractivity contribution is 9.10. The van der Waals surface area contributed by atoms with Gasteiger partial charge in [0.1, 0.15) is 17.3 Å². The first-order valence-electron chi connectivity index (χ1n) is 10.2. The van der Waals surface area contributed by atoms with Crippen LogP contribution in [-0.2, 0) is 9.59 Å². The highest BCUT2D eigenvalue weighted by Gasteiger charge is 2.47. The third-order valence-corrected chi connectivity index (χ3v) is 6.18. The quantitative estimate of drug-likeness (QED) is 0.284. The maximum atomic E-state index is 13.3. The van der Waals surface area contributed by atoms with E-state index in [0.29, 0.717) is 32.8 Å². The number of anilines is 1. The van der Waals surface area contributed by atoms with Crippen LogP contribution in [0.4, 0.5) is 5.69 Å². The third-order valence-electron chi connectivity index (χ3n) is 5.56. The lowest BCUT2D eigenvalue weighted by Gasteiger charge is -2.26. The average molecular weight is 508 g/mol. The van der Waals surface area contributed by atoms with Crippen molar-refractivity contribution >= 4 is 39.1 Å². The first-order chi connectivity index (χ1) is 15.8. The van der Waals surface area contributed by atoms with Crippen LogP contribution < -0.4 is 14.4 Å². The van der Waals surface area contributed by atoms with Gasteiger partial charge in [-0.15, -0.1) is 0 Å². The molecule has 0 bridgehead atoms. The summed E-state index contributed by atoms with van der Waals surface area (Å²) in [4.78, 5) is 27.9. The second kappa shape index (κ2) is 9.11. The lowest BCUT2D eigenvalue weighted by molar-refractivity contribution is -0.132. The van der Waals surface area contributed by atoms with Gasteiger partial charge in [0.25, 0.3) is 11.7 Å². The van der Waals surface area contributed by atoms with E-state index in [0.717, 1.165) is 5.56 Å². The number of ketones is 1. The number of aliphatic hydroxyl groups excluding tert-OH is 1. The van der Waals surface area contributed by atoms with Gasteiger partial charge in [-0.1, -0.05) is 24.3 Å². The molecule has 7 heteroatoms. The molecule has 1 saturated heterocycles. The number of methoxy groups -OCH3 is 2. The fraction of sp³-hybridized carbons (Fsp3) is 0.154. The van der Waals surface area contributed by atoms with Crippen molar-refractivity contribution in [3.8, 4) is 11.5 Å². The van der Waals surface area contributed by atoms with Crippen LogP contribution in [0.2, 0.25) is 0 Å². The van der Waals surface area contributed by atoms with Crippen molar-refractivity contribution in [2.75, 3.05) is 19.1 Å². The number of nitrogens with zero attached hydrogens (tertiary/aromatic N) is 1. The van der Waals surface area contributed by atoms with Gasteiger partial charge < -0.3 is 14.6 Å². The van der Waals surface area contributed by atoms with Crippen molar-refractivity contribution in [2.24, 2.45) is 0 Å². The molecule has 6 nitrogen and oxygen atoms in total. The minimum atomic E-state index is -0.831. The van der Waals surface area contributed by atoms with E-state index in [-0.39, 0.29) is 11.3 Å². The molecule has 1 unspecified atom stereocenters. The van der Waals surface area contributed by atoms with Gasteiger partial charge in [0.15, 0.2) is 0 Å². The second-order valence-corrected chi connectivity index (χ2v) is 8.49. The molecule has 1 aliphatic heterocycles. The number of aliphatic hydroxyl groups is 1. The molecule has 1 fully saturated rings. The van der Waals surface area contributed by atoms with Crippen LogP contribution in [0.3, 0.4) is 0 Å². The highest BCUT2D eigenvalue weighted by atomic mass is 79.9. The van der Waals surface area contributed by atoms with Gasteiger partial charge in [-0.3, -0.25) is 14.5 Å². The summed E-state index contributed by atoms with van der Waals surface area (Å²) in [5, 5.41) is 11.3. The molecule has 1 heterocycles. The molecule has 1 N–H and O–H groups in total. The molecule has 3 aromatic rings. The fourth-order valence-corrected chi connectivity index (χ4v) is 4.51. The maximum Gasteiger partial charge on any atom is 0.300 e. The van der Waals surface area contributed by atoms with Crippen LogP contribution in [0.15, 0.2) is 76.8 Å². The lowest BCUT2D eigenvalue weighted by Crippen LogP contribution is -2.29. The van der Waals surface area contributed by atoms with Crippen LogP contribution in [0.1, 0.15) is 22.7 Å². The Morgan fingerprint density at radius 3 is 2.39 bits per heavy atom. The molecule has 3 aromatic carbocycles. The van der Waals surface area contributed by atoms with Gasteiger partial charge in [-0.25, -0.2) is 0 Å². The smallest absolute Gasteiger partial charge is 0.300 e. The van der Waals surface area contributed by atoms with Gasteiger partial charge >= 0.3 is 0 Å². The topological polar surface area (TPSA) is 76.1 Å². The summed E-state index contributed by atoms with van der Waals surface area (Å²) < 4.78 is 11.2. The van der Waals surface area contributed by atoms with Crippen LogP contribution in [0, 0.1) is 6.92 Å². The summed E-state index contributed by atoms with van der Waals surface area (Å²) in [5.41, 5.74) is 2.55. The van der Waals surface area contributed by atoms with Gasteiger partial charge in [0.2, 0.25) is 0 Å². The normalized spacial score (nSPS) is 17.3. The van der Waals surface area contributed by atoms with Crippen molar-refractivity contribution in [1.82, 2.24) is 0 Å². The largest absolute Gasteiger partial charge is 0.507 e. The number of halogens is 1. The monoisotopic (exact) mass is 507 g/mol. The number of amides is 1. The number of ether oxygens (including phenoxy) is 2. The molecule has 33 heavy (non-hydrogen) atoms. The van der Waals surface area contributed by atoms with E-state index in [4.69, 9.17) is 9.47 Å². The van der Waals surface area contributed by atoms with E-state index in [1.54, 1.807) is 55.6 Å². The Morgan fingerprint density at radius 1 is 0.970 bits per heavy atom. The standard InChI is InChI=1S/C26H22BrNO5/c1-15-6-4-8-18(12-15)28-23(16-7-5-9-19(13-16)32-2)22(25(30)26(28)31)24(29)17-10-11-21(33-3)20(27)14-17/h4-14,23,29H,1-3H3/b24-22-. The molecular formula is C26H22BrNO5. The van der Waals surface area contributed by atoms with E-state index in [1.165, 1.54) is 12.0 Å². The number of rotatable bonds is 5. The first-order valence-corrected chi connectivity index (χ1v) is 11.0. The molecule has 168 valence electrons. The summed E-state index contributed by atoms with van der Waals surface area (Å²) in [5.74, 6) is -0.568. The average Bonchev–Trinajstić information content (AvgIpc) is 3.09. The lowest BCUT2D eigenvalue weighted by atomic mass is 9.95. The number of hydrogen-bond donors (Lipinski definition) is 1. The third kappa shape index (κ3) is 4.12. The SMILES string of the molecule is COc1cccc(C2/C(=C(/O)c3ccc(OC)c(Br)c3)C(=O)C(=O)N2c2cccc(C)c2)c1. The summed E-state index contributed by atoms with van der Waals surface area (Å²) in [6, 6.07) is 18.6. The Hall–Kier alpha value is -3.58. The summed E-state index contributed by atoms with van der Waals surface area (Å²) >= 11 is 3.41. The van der Waals surface area contributed by atoms with E-state index < -0.39 is 17.7 Å². The zero-order chi connectivity index (χ0) is 23.7. The van der Waals surface area contributed by atoms with Crippen LogP contribution in [0.5, 0.6) is 11.5 Å². The predicted molar refractivity (Wildman–Crippen MR) is 130 cm³/mol. The van der Waals surface area contributed by atoms with Crippen molar-refractivity contribution in [2.45, 2.75) is 13.0 Å². The molecule has 1 amide bonds. The highest BCUT2D eigenvalue weighted by Crippen LogP contribution is 2.43. The summed E-state index contributed by atoms with van der Waals surface area (Å²) in [6.45, 7) is 1.91. The van der Waals surface area contributed by atoms with E-state index in [9.17, 15) is 14.7 Å². The second-order valence-electron chi connectivity index (χ2n) is 7.63. The zero-order valence-corrected chi connectivity index (χ0v) is 19.9. The van der Waals surface area contributed by atoms with Gasteiger partial charge in [-0.2, -0.15) is 0 Å². The molecule has 0 aromatic heterocycles. The minimum absolute atomic E-state index is 0.00632. The molecule has 0 radical (unpaired) electrons. The Kier molecular flexibility index (Phi) is 6.24. The minimum Gasteiger partial charge on any atom is -0.507 e. The maximum absolute atomic E-state index is 13.3. The first kappa shape index (κ1) is 22.6. The molecule has 0 saturated carbocycles. The number of aryl methyl sites for hydroxylation is 1. The van der Waals surface area contributed by atoms with E-state index >= 15 is 0 Å². The molecule has 1 atom stereocenters. The Balaban J connectivity index is 1.96. The van der Waals surface area contributed by atoms with Crippen LogP contribution in [0.25, 0.3) is 5.76 Å². The summed E-state index contributed by atoms with van der Waals surface area (Å²) in [6.07, 6.45) is 0. The Morgan fingerprint density at radius 2 is 1.73 bits per heavy atom. The predicted octanol–water partition coefficient (Wildman–Crippen LogP) is 5.40. The van der Waals surface area contributed by atoms with Crippen molar-refractivity contribution < 1.29 is 24.2 Å². The van der Waals surface area contributed by atoms with Gasteiger partial charge in [0, 0.05) is 11.3 Å². The number of carbonyl (C=O) groups excluding carboxylic acids is 2. The van der Waals surface area contributed by atoms with Crippen molar-refractivity contribution in [1.29, 1.82) is 0 Å². The summed E-state index contributed by atoms with van der Waals surface area (Å²) in [7, 11) is 3.08. The van der Waals surface area contributed by atoms with E-state index in [1.807, 2.05) is 25.1 Å². The van der Waals surface area contributed by atoms with Gasteiger partial charge in [-0.05, 0) is 76.4 Å². The van der Waals surface area contributed by atoms with E-state index in [2.05, 4.69) is 15.9 Å². The Labute approximate surface area is 200 Å². The molecule has 0 aliphatic carbocycles.